The number of thioether (sulfide) groups is 1. The zero-order valence-electron chi connectivity index (χ0n) is 16.2. The van der Waals surface area contributed by atoms with E-state index >= 15 is 0 Å². The first-order valence-electron chi connectivity index (χ1n) is 9.02. The van der Waals surface area contributed by atoms with Gasteiger partial charge < -0.3 is 14.6 Å². The van der Waals surface area contributed by atoms with Crippen LogP contribution in [0.4, 0.5) is 0 Å². The van der Waals surface area contributed by atoms with E-state index in [1.165, 1.54) is 11.8 Å². The van der Waals surface area contributed by atoms with Crippen LogP contribution in [0.5, 0.6) is 5.75 Å². The summed E-state index contributed by atoms with van der Waals surface area (Å²) in [5.41, 5.74) is 3.53. The summed E-state index contributed by atoms with van der Waals surface area (Å²) in [4.78, 5) is 16.9. The molecule has 0 spiro atoms. The van der Waals surface area contributed by atoms with Crippen LogP contribution >= 0.6 is 11.8 Å². The molecule has 2 aromatic heterocycles. The Morgan fingerprint density at radius 2 is 1.96 bits per heavy atom. The number of ether oxygens (including phenoxy) is 1. The largest absolute Gasteiger partial charge is 0.491 e. The molecule has 1 N–H and O–H groups in total. The van der Waals surface area contributed by atoms with Gasteiger partial charge >= 0.3 is 0 Å². The number of carbonyl (C=O) groups is 1. The van der Waals surface area contributed by atoms with E-state index in [1.54, 1.807) is 18.3 Å². The van der Waals surface area contributed by atoms with Gasteiger partial charge in [0.2, 0.25) is 0 Å². The molecule has 0 radical (unpaired) electrons. The summed E-state index contributed by atoms with van der Waals surface area (Å²) in [6, 6.07) is 11.4. The second kappa shape index (κ2) is 9.41. The minimum atomic E-state index is -0.169. The standard InChI is InChI=1S/C21H23N3O3S/c1-14-6-4-7-15(2)19(14)26-11-10-22-20(25)18-8-5-9-23-21(18)28-13-17-12-16(3)27-24-17/h4-9,12H,10-11,13H2,1-3H3,(H,22,25). The number of hydrogen-bond donors (Lipinski definition) is 1. The number of para-hydroxylation sites is 1. The third-order valence-corrected chi connectivity index (χ3v) is 5.13. The maximum absolute atomic E-state index is 12.6. The lowest BCUT2D eigenvalue weighted by molar-refractivity contribution is 0.0943. The average molecular weight is 398 g/mol. The van der Waals surface area contributed by atoms with E-state index in [0.717, 1.165) is 28.3 Å². The molecule has 0 atom stereocenters. The third kappa shape index (κ3) is 5.13. The molecule has 0 aliphatic rings. The smallest absolute Gasteiger partial charge is 0.254 e. The molecule has 0 saturated heterocycles. The van der Waals surface area contributed by atoms with Crippen LogP contribution < -0.4 is 10.1 Å². The van der Waals surface area contributed by atoms with E-state index in [9.17, 15) is 4.79 Å². The molecule has 1 aromatic carbocycles. The molecule has 28 heavy (non-hydrogen) atoms. The molecular weight excluding hydrogens is 374 g/mol. The Morgan fingerprint density at radius 1 is 1.18 bits per heavy atom. The zero-order chi connectivity index (χ0) is 19.9. The molecule has 1 amide bonds. The lowest BCUT2D eigenvalue weighted by Gasteiger charge is -2.13. The SMILES string of the molecule is Cc1cc(CSc2ncccc2C(=O)NCCOc2c(C)cccc2C)no1. The molecule has 2 heterocycles. The van der Waals surface area contributed by atoms with Gasteiger partial charge in [0.1, 0.15) is 23.1 Å². The van der Waals surface area contributed by atoms with E-state index in [1.807, 2.05) is 45.0 Å². The maximum atomic E-state index is 12.6. The number of nitrogens with zero attached hydrogens (tertiary/aromatic N) is 2. The highest BCUT2D eigenvalue weighted by Gasteiger charge is 2.13. The summed E-state index contributed by atoms with van der Waals surface area (Å²) < 4.78 is 10.9. The lowest BCUT2D eigenvalue weighted by atomic mass is 10.1. The number of hydrogen-bond acceptors (Lipinski definition) is 6. The molecule has 3 aromatic rings. The van der Waals surface area contributed by atoms with Gasteiger partial charge in [-0.1, -0.05) is 35.1 Å². The van der Waals surface area contributed by atoms with Crippen LogP contribution in [0.2, 0.25) is 0 Å². The van der Waals surface area contributed by atoms with Crippen molar-refractivity contribution in [3.05, 3.63) is 70.7 Å². The molecule has 0 aliphatic carbocycles. The van der Waals surface area contributed by atoms with Gasteiger partial charge in [0.05, 0.1) is 17.8 Å². The van der Waals surface area contributed by atoms with Crippen LogP contribution in [0.15, 0.2) is 52.1 Å². The van der Waals surface area contributed by atoms with Gasteiger partial charge in [-0.25, -0.2) is 4.98 Å². The number of aromatic nitrogens is 2. The lowest BCUT2D eigenvalue weighted by Crippen LogP contribution is -2.28. The fourth-order valence-electron chi connectivity index (χ4n) is 2.75. The van der Waals surface area contributed by atoms with Crippen molar-refractivity contribution in [2.24, 2.45) is 0 Å². The second-order valence-electron chi connectivity index (χ2n) is 6.40. The Morgan fingerprint density at radius 3 is 2.68 bits per heavy atom. The predicted molar refractivity (Wildman–Crippen MR) is 109 cm³/mol. The molecule has 0 aliphatic heterocycles. The topological polar surface area (TPSA) is 77.2 Å². The highest BCUT2D eigenvalue weighted by atomic mass is 32.2. The molecule has 0 bridgehead atoms. The van der Waals surface area contributed by atoms with E-state index < -0.39 is 0 Å². The Bertz CT molecular complexity index is 935. The summed E-state index contributed by atoms with van der Waals surface area (Å²) >= 11 is 1.46. The molecule has 0 saturated carbocycles. The van der Waals surface area contributed by atoms with E-state index in [-0.39, 0.29) is 5.91 Å². The maximum Gasteiger partial charge on any atom is 0.254 e. The van der Waals surface area contributed by atoms with Crippen LogP contribution in [-0.4, -0.2) is 29.2 Å². The van der Waals surface area contributed by atoms with Crippen LogP contribution in [0.25, 0.3) is 0 Å². The summed E-state index contributed by atoms with van der Waals surface area (Å²) in [6.45, 7) is 6.68. The predicted octanol–water partition coefficient (Wildman–Crippen LogP) is 4.10. The number of benzene rings is 1. The number of carbonyl (C=O) groups excluding carboxylic acids is 1. The number of aryl methyl sites for hydroxylation is 3. The highest BCUT2D eigenvalue weighted by Crippen LogP contribution is 2.24. The van der Waals surface area contributed by atoms with Gasteiger partial charge in [0.25, 0.3) is 5.91 Å². The van der Waals surface area contributed by atoms with Crippen LogP contribution in [0, 0.1) is 20.8 Å². The van der Waals surface area contributed by atoms with Gasteiger partial charge in [0, 0.05) is 18.0 Å². The first-order chi connectivity index (χ1) is 13.5. The zero-order valence-corrected chi connectivity index (χ0v) is 17.0. The van der Waals surface area contributed by atoms with Crippen molar-refractivity contribution >= 4 is 17.7 Å². The van der Waals surface area contributed by atoms with Crippen molar-refractivity contribution in [3.63, 3.8) is 0 Å². The number of rotatable bonds is 8. The van der Waals surface area contributed by atoms with Gasteiger partial charge in [-0.3, -0.25) is 4.79 Å². The number of nitrogens with one attached hydrogen (secondary N) is 1. The molecule has 3 rings (SSSR count). The first-order valence-corrected chi connectivity index (χ1v) is 10.0. The van der Waals surface area contributed by atoms with Gasteiger partial charge in [-0.15, -0.1) is 0 Å². The summed E-state index contributed by atoms with van der Waals surface area (Å²) in [6.07, 6.45) is 1.68. The van der Waals surface area contributed by atoms with Gasteiger partial charge in [-0.2, -0.15) is 0 Å². The molecule has 0 fully saturated rings. The van der Waals surface area contributed by atoms with Gasteiger partial charge in [-0.05, 0) is 44.0 Å². The second-order valence-corrected chi connectivity index (χ2v) is 7.36. The Balaban J connectivity index is 1.54. The van der Waals surface area contributed by atoms with E-state index in [0.29, 0.717) is 29.5 Å². The van der Waals surface area contributed by atoms with Crippen molar-refractivity contribution in [2.75, 3.05) is 13.2 Å². The molecule has 0 unspecified atom stereocenters. The first kappa shape index (κ1) is 19.9. The summed E-state index contributed by atoms with van der Waals surface area (Å²) in [7, 11) is 0. The number of amides is 1. The van der Waals surface area contributed by atoms with Crippen LogP contribution in [0.1, 0.15) is 32.9 Å². The summed E-state index contributed by atoms with van der Waals surface area (Å²) in [5.74, 6) is 2.05. The van der Waals surface area contributed by atoms with E-state index in [2.05, 4.69) is 15.5 Å². The Hall–Kier alpha value is -2.80. The number of pyridine rings is 1. The quantitative estimate of drug-likeness (QED) is 0.456. The minimum Gasteiger partial charge on any atom is -0.491 e. The molecule has 6 nitrogen and oxygen atoms in total. The fourth-order valence-corrected chi connectivity index (χ4v) is 3.62. The van der Waals surface area contributed by atoms with Crippen molar-refractivity contribution < 1.29 is 14.1 Å². The van der Waals surface area contributed by atoms with Gasteiger partial charge in [0.15, 0.2) is 0 Å². The normalized spacial score (nSPS) is 10.7. The van der Waals surface area contributed by atoms with Crippen molar-refractivity contribution in [3.8, 4) is 5.75 Å². The van der Waals surface area contributed by atoms with Crippen LogP contribution in [0.3, 0.4) is 0 Å². The van der Waals surface area contributed by atoms with E-state index in [4.69, 9.17) is 9.26 Å². The van der Waals surface area contributed by atoms with Crippen molar-refractivity contribution in [1.82, 2.24) is 15.5 Å². The average Bonchev–Trinajstić information content (AvgIpc) is 3.10. The Kier molecular flexibility index (Phi) is 6.71. The third-order valence-electron chi connectivity index (χ3n) is 4.09. The molecule has 146 valence electrons. The van der Waals surface area contributed by atoms with Crippen LogP contribution in [-0.2, 0) is 5.75 Å². The fraction of sp³-hybridized carbons (Fsp3) is 0.286. The summed E-state index contributed by atoms with van der Waals surface area (Å²) in [5, 5.41) is 7.53. The molecule has 7 heteroatoms. The Labute approximate surface area is 168 Å². The van der Waals surface area contributed by atoms with Crippen molar-refractivity contribution in [1.29, 1.82) is 0 Å². The molecular formula is C21H23N3O3S. The van der Waals surface area contributed by atoms with Crippen molar-refractivity contribution in [2.45, 2.75) is 31.6 Å². The minimum absolute atomic E-state index is 0.169. The monoisotopic (exact) mass is 397 g/mol. The highest BCUT2D eigenvalue weighted by molar-refractivity contribution is 7.98.